The summed E-state index contributed by atoms with van der Waals surface area (Å²) >= 11 is 1.60. The zero-order chi connectivity index (χ0) is 23.6. The summed E-state index contributed by atoms with van der Waals surface area (Å²) in [5.41, 5.74) is 4.52. The van der Waals surface area contributed by atoms with Crippen molar-refractivity contribution in [3.8, 4) is 10.4 Å². The maximum atomic E-state index is 13.1. The Morgan fingerprint density at radius 2 is 1.88 bits per heavy atom. The molecular weight excluding hydrogens is 424 g/mol. The van der Waals surface area contributed by atoms with Gasteiger partial charge in [-0.05, 0) is 37.4 Å². The Bertz CT molecular complexity index is 993. The van der Waals surface area contributed by atoms with Crippen LogP contribution >= 0.6 is 11.3 Å². The van der Waals surface area contributed by atoms with E-state index in [9.17, 15) is 14.4 Å². The maximum absolute atomic E-state index is 13.1. The summed E-state index contributed by atoms with van der Waals surface area (Å²) in [5.74, 6) is -0.620. The van der Waals surface area contributed by atoms with Crippen LogP contribution < -0.4 is 10.6 Å². The molecule has 0 radical (unpaired) electrons. The van der Waals surface area contributed by atoms with Gasteiger partial charge >= 0.3 is 0 Å². The highest BCUT2D eigenvalue weighted by Gasteiger charge is 2.43. The van der Waals surface area contributed by atoms with Gasteiger partial charge < -0.3 is 15.5 Å². The average Bonchev–Trinajstić information content (AvgIpc) is 3.33. The van der Waals surface area contributed by atoms with Crippen LogP contribution in [0.4, 0.5) is 0 Å². The minimum absolute atomic E-state index is 0.0253. The fraction of sp³-hybridized carbons (Fsp3) is 0.500. The first kappa shape index (κ1) is 24.1. The molecule has 0 saturated carbocycles. The normalized spacial score (nSPS) is 18.5. The standard InChI is InChI=1S/C24H32N4O3S/c1-14(16-7-9-17(10-8-16)20-15(2)26-13-32-20)27-22(30)19-11-18(29)12-28(19)23(31)21(25-6)24(3,4)5/h7-10,13-14,19,21,25H,11-12H2,1-6H3,(H,27,30)/t14-,19-,21+/m0/s1. The van der Waals surface area contributed by atoms with E-state index in [4.69, 9.17) is 0 Å². The first-order chi connectivity index (χ1) is 15.0. The number of benzene rings is 1. The van der Waals surface area contributed by atoms with Crippen LogP contribution in [0.2, 0.25) is 0 Å². The molecule has 0 unspecified atom stereocenters. The topological polar surface area (TPSA) is 91.4 Å². The van der Waals surface area contributed by atoms with Gasteiger partial charge in [0.15, 0.2) is 5.78 Å². The second kappa shape index (κ2) is 9.50. The molecule has 0 spiro atoms. The third kappa shape index (κ3) is 5.07. The molecule has 7 nitrogen and oxygen atoms in total. The first-order valence-electron chi connectivity index (χ1n) is 10.8. The number of aryl methyl sites for hydroxylation is 1. The molecule has 1 aliphatic rings. The Hall–Kier alpha value is -2.58. The molecule has 1 aromatic heterocycles. The number of carbonyl (C=O) groups is 3. The molecule has 2 heterocycles. The molecule has 2 aromatic rings. The minimum atomic E-state index is -0.783. The van der Waals surface area contributed by atoms with Gasteiger partial charge in [0.1, 0.15) is 6.04 Å². The highest BCUT2D eigenvalue weighted by atomic mass is 32.1. The van der Waals surface area contributed by atoms with E-state index >= 15 is 0 Å². The van der Waals surface area contributed by atoms with E-state index in [0.717, 1.165) is 21.7 Å². The van der Waals surface area contributed by atoms with Crippen molar-refractivity contribution in [1.29, 1.82) is 0 Å². The summed E-state index contributed by atoms with van der Waals surface area (Å²) in [6.45, 7) is 9.73. The van der Waals surface area contributed by atoms with E-state index in [1.54, 1.807) is 18.4 Å². The number of hydrogen-bond acceptors (Lipinski definition) is 6. The van der Waals surface area contributed by atoms with Gasteiger partial charge in [-0.1, -0.05) is 45.0 Å². The average molecular weight is 457 g/mol. The van der Waals surface area contributed by atoms with Crippen molar-refractivity contribution in [2.45, 2.75) is 59.2 Å². The van der Waals surface area contributed by atoms with Crippen molar-refractivity contribution in [2.24, 2.45) is 5.41 Å². The van der Waals surface area contributed by atoms with Gasteiger partial charge in [0.25, 0.3) is 0 Å². The van der Waals surface area contributed by atoms with Gasteiger partial charge in [-0.25, -0.2) is 4.98 Å². The molecular formula is C24H32N4O3S. The van der Waals surface area contributed by atoms with Crippen LogP contribution in [0.1, 0.15) is 51.4 Å². The van der Waals surface area contributed by atoms with Crippen molar-refractivity contribution in [3.05, 3.63) is 41.0 Å². The van der Waals surface area contributed by atoms with Crippen LogP contribution in [0, 0.1) is 12.3 Å². The fourth-order valence-electron chi connectivity index (χ4n) is 4.14. The molecule has 2 N–H and O–H groups in total. The second-order valence-corrected chi connectivity index (χ2v) is 10.3. The number of likely N-dealkylation sites (tertiary alicyclic amines) is 1. The highest BCUT2D eigenvalue weighted by molar-refractivity contribution is 7.13. The molecule has 2 amide bonds. The van der Waals surface area contributed by atoms with Gasteiger partial charge in [0.2, 0.25) is 11.8 Å². The molecule has 1 aliphatic heterocycles. The lowest BCUT2D eigenvalue weighted by molar-refractivity contribution is -0.142. The van der Waals surface area contributed by atoms with E-state index in [1.807, 2.05) is 64.4 Å². The Labute approximate surface area is 193 Å². The summed E-state index contributed by atoms with van der Waals surface area (Å²) in [7, 11) is 1.72. The summed E-state index contributed by atoms with van der Waals surface area (Å²) in [5, 5.41) is 6.03. The summed E-state index contributed by atoms with van der Waals surface area (Å²) < 4.78 is 0. The van der Waals surface area contributed by atoms with Crippen LogP contribution in [-0.4, -0.2) is 53.2 Å². The first-order valence-corrected chi connectivity index (χ1v) is 11.7. The van der Waals surface area contributed by atoms with Crippen LogP contribution in [0.5, 0.6) is 0 Å². The lowest BCUT2D eigenvalue weighted by Gasteiger charge is -2.34. The number of aromatic nitrogens is 1. The summed E-state index contributed by atoms with van der Waals surface area (Å²) in [6.07, 6.45) is 0.0501. The van der Waals surface area contributed by atoms with Crippen molar-refractivity contribution in [2.75, 3.05) is 13.6 Å². The van der Waals surface area contributed by atoms with Gasteiger partial charge in [-0.15, -0.1) is 11.3 Å². The SMILES string of the molecule is CN[C@H](C(=O)N1CC(=O)C[C@H]1C(=O)N[C@@H](C)c1ccc(-c2scnc2C)cc1)C(C)(C)C. The highest BCUT2D eigenvalue weighted by Crippen LogP contribution is 2.29. The van der Waals surface area contributed by atoms with Crippen molar-refractivity contribution >= 4 is 28.9 Å². The van der Waals surface area contributed by atoms with Gasteiger partial charge in [-0.2, -0.15) is 0 Å². The van der Waals surface area contributed by atoms with Crippen LogP contribution in [-0.2, 0) is 14.4 Å². The Kier molecular flexibility index (Phi) is 7.15. The predicted molar refractivity (Wildman–Crippen MR) is 126 cm³/mol. The largest absolute Gasteiger partial charge is 0.348 e. The molecule has 1 saturated heterocycles. The molecule has 8 heteroatoms. The number of nitrogens with one attached hydrogen (secondary N) is 2. The zero-order valence-corrected chi connectivity index (χ0v) is 20.4. The maximum Gasteiger partial charge on any atom is 0.243 e. The van der Waals surface area contributed by atoms with Crippen molar-refractivity contribution < 1.29 is 14.4 Å². The van der Waals surface area contributed by atoms with E-state index in [0.29, 0.717) is 0 Å². The third-order valence-electron chi connectivity index (χ3n) is 5.91. The molecule has 1 fully saturated rings. The lowest BCUT2D eigenvalue weighted by Crippen LogP contribution is -2.56. The monoisotopic (exact) mass is 456 g/mol. The minimum Gasteiger partial charge on any atom is -0.348 e. The number of ketones is 1. The second-order valence-electron chi connectivity index (χ2n) is 9.43. The number of Topliss-reactive ketones (excluding diaryl/α,β-unsaturated/α-hetero) is 1. The third-order valence-corrected chi connectivity index (χ3v) is 6.89. The Balaban J connectivity index is 1.71. The smallest absolute Gasteiger partial charge is 0.243 e. The van der Waals surface area contributed by atoms with Crippen LogP contribution in [0.3, 0.4) is 0 Å². The van der Waals surface area contributed by atoms with Gasteiger partial charge in [0.05, 0.1) is 34.7 Å². The molecule has 3 rings (SSSR count). The molecule has 32 heavy (non-hydrogen) atoms. The summed E-state index contributed by atoms with van der Waals surface area (Å²) in [4.78, 5) is 45.2. The zero-order valence-electron chi connectivity index (χ0n) is 19.6. The molecule has 3 atom stereocenters. The van der Waals surface area contributed by atoms with E-state index < -0.39 is 12.1 Å². The van der Waals surface area contributed by atoms with E-state index in [-0.39, 0.29) is 42.0 Å². The summed E-state index contributed by atoms with van der Waals surface area (Å²) in [6, 6.07) is 6.49. The van der Waals surface area contributed by atoms with E-state index in [1.165, 1.54) is 4.90 Å². The molecule has 172 valence electrons. The number of rotatable bonds is 6. The lowest BCUT2D eigenvalue weighted by atomic mass is 9.86. The quantitative estimate of drug-likeness (QED) is 0.697. The molecule has 0 bridgehead atoms. The Morgan fingerprint density at radius 3 is 2.41 bits per heavy atom. The van der Waals surface area contributed by atoms with Crippen molar-refractivity contribution in [3.63, 3.8) is 0 Å². The van der Waals surface area contributed by atoms with Crippen LogP contribution in [0.25, 0.3) is 10.4 Å². The number of nitrogens with zero attached hydrogens (tertiary/aromatic N) is 2. The number of likely N-dealkylation sites (N-methyl/N-ethyl adjacent to an activating group) is 1. The van der Waals surface area contributed by atoms with Crippen molar-refractivity contribution in [1.82, 2.24) is 20.5 Å². The van der Waals surface area contributed by atoms with Gasteiger partial charge in [-0.3, -0.25) is 14.4 Å². The van der Waals surface area contributed by atoms with Gasteiger partial charge in [0, 0.05) is 6.42 Å². The molecule has 0 aliphatic carbocycles. The molecule has 1 aromatic carbocycles. The number of amides is 2. The number of hydrogen-bond donors (Lipinski definition) is 2. The Morgan fingerprint density at radius 1 is 1.22 bits per heavy atom. The van der Waals surface area contributed by atoms with Crippen LogP contribution in [0.15, 0.2) is 29.8 Å². The predicted octanol–water partition coefficient (Wildman–Crippen LogP) is 3.10. The number of thiazole rings is 1. The van der Waals surface area contributed by atoms with E-state index in [2.05, 4.69) is 15.6 Å². The fourth-order valence-corrected chi connectivity index (χ4v) is 4.96. The number of carbonyl (C=O) groups excluding carboxylic acids is 3.